The van der Waals surface area contributed by atoms with E-state index in [-0.39, 0.29) is 0 Å². The second-order valence-corrected chi connectivity index (χ2v) is 8.15. The van der Waals surface area contributed by atoms with Gasteiger partial charge in [-0.25, -0.2) is 0 Å². The van der Waals surface area contributed by atoms with Crippen molar-refractivity contribution >= 4 is 21.8 Å². The molecule has 2 aromatic heterocycles. The van der Waals surface area contributed by atoms with Crippen LogP contribution in [0.5, 0.6) is 0 Å². The van der Waals surface area contributed by atoms with Gasteiger partial charge in [0.1, 0.15) is 0 Å². The largest absolute Gasteiger partial charge is 0.334 e. The van der Waals surface area contributed by atoms with Crippen LogP contribution in [0, 0.1) is 0 Å². The van der Waals surface area contributed by atoms with Gasteiger partial charge in [-0.1, -0.05) is 62.4 Å². The van der Waals surface area contributed by atoms with Gasteiger partial charge in [-0.05, 0) is 56.7 Å². The van der Waals surface area contributed by atoms with Crippen LogP contribution in [0.3, 0.4) is 0 Å². The van der Waals surface area contributed by atoms with Crippen molar-refractivity contribution in [2.24, 2.45) is 0 Å². The molecule has 0 aliphatic rings. The van der Waals surface area contributed by atoms with E-state index in [2.05, 4.69) is 89.3 Å². The fourth-order valence-corrected chi connectivity index (χ4v) is 4.46. The van der Waals surface area contributed by atoms with Crippen LogP contribution in [-0.4, -0.2) is 40.6 Å². The first-order chi connectivity index (χ1) is 15.3. The molecule has 162 valence electrons. The Hall–Kier alpha value is -2.69. The predicted octanol–water partition coefficient (Wildman–Crippen LogP) is 5.45. The van der Waals surface area contributed by atoms with Crippen molar-refractivity contribution < 1.29 is 0 Å². The Bertz CT molecular complexity index is 1100. The summed E-state index contributed by atoms with van der Waals surface area (Å²) in [5, 5.41) is 6.24. The van der Waals surface area contributed by atoms with Gasteiger partial charge in [-0.3, -0.25) is 4.98 Å². The number of pyridine rings is 1. The summed E-state index contributed by atoms with van der Waals surface area (Å²) < 4.78 is 2.43. The number of benzene rings is 2. The minimum atomic E-state index is 0.799. The van der Waals surface area contributed by atoms with E-state index >= 15 is 0 Å². The van der Waals surface area contributed by atoms with E-state index in [4.69, 9.17) is 4.98 Å². The maximum absolute atomic E-state index is 4.79. The lowest BCUT2D eigenvalue weighted by Gasteiger charge is -2.17. The van der Waals surface area contributed by atoms with Crippen LogP contribution in [0.25, 0.3) is 21.8 Å². The fourth-order valence-electron chi connectivity index (χ4n) is 4.46. The number of aromatic nitrogens is 2. The summed E-state index contributed by atoms with van der Waals surface area (Å²) in [5.74, 6) is 0. The van der Waals surface area contributed by atoms with Crippen molar-refractivity contribution in [3.63, 3.8) is 0 Å². The van der Waals surface area contributed by atoms with Crippen molar-refractivity contribution in [1.82, 2.24) is 19.8 Å². The molecule has 4 heteroatoms. The Morgan fingerprint density at radius 1 is 0.871 bits per heavy atom. The number of hydrogen-bond donors (Lipinski definition) is 1. The molecule has 0 radical (unpaired) electrons. The van der Waals surface area contributed by atoms with Crippen molar-refractivity contribution in [1.29, 1.82) is 0 Å². The van der Waals surface area contributed by atoms with Gasteiger partial charge in [0.25, 0.3) is 0 Å². The Morgan fingerprint density at radius 2 is 1.65 bits per heavy atom. The number of rotatable bonds is 11. The zero-order chi connectivity index (χ0) is 21.5. The van der Waals surface area contributed by atoms with Crippen molar-refractivity contribution in [3.05, 3.63) is 78.1 Å². The van der Waals surface area contributed by atoms with Crippen LogP contribution in [0.4, 0.5) is 0 Å². The molecule has 0 spiro atoms. The number of nitrogens with zero attached hydrogens (tertiary/aromatic N) is 3. The molecule has 2 aromatic carbocycles. The SMILES string of the molecule is CCN(CC)CCCCNCc1nccc2c3ccccc3n(Cc3ccccc3)c12. The third kappa shape index (κ3) is 4.97. The summed E-state index contributed by atoms with van der Waals surface area (Å²) in [6.45, 7) is 10.6. The van der Waals surface area contributed by atoms with Gasteiger partial charge in [0.15, 0.2) is 0 Å². The van der Waals surface area contributed by atoms with Gasteiger partial charge < -0.3 is 14.8 Å². The van der Waals surface area contributed by atoms with Gasteiger partial charge in [-0.2, -0.15) is 0 Å². The molecule has 31 heavy (non-hydrogen) atoms. The molecule has 0 atom stereocenters. The molecule has 4 nitrogen and oxygen atoms in total. The Balaban J connectivity index is 1.54. The normalized spacial score (nSPS) is 11.7. The highest BCUT2D eigenvalue weighted by molar-refractivity contribution is 6.08. The van der Waals surface area contributed by atoms with E-state index in [1.165, 1.54) is 46.8 Å². The molecule has 1 N–H and O–H groups in total. The molecule has 0 amide bonds. The lowest BCUT2D eigenvalue weighted by molar-refractivity contribution is 0.296. The molecule has 0 fully saturated rings. The van der Waals surface area contributed by atoms with E-state index in [0.717, 1.165) is 38.4 Å². The van der Waals surface area contributed by atoms with E-state index in [1.807, 2.05) is 6.20 Å². The number of hydrogen-bond acceptors (Lipinski definition) is 3. The lowest BCUT2D eigenvalue weighted by Crippen LogP contribution is -2.25. The molecule has 2 heterocycles. The molecule has 0 aliphatic carbocycles. The van der Waals surface area contributed by atoms with Crippen LogP contribution in [-0.2, 0) is 13.1 Å². The van der Waals surface area contributed by atoms with Crippen LogP contribution in [0.1, 0.15) is 37.9 Å². The molecule has 0 saturated carbocycles. The molecule has 0 bridgehead atoms. The van der Waals surface area contributed by atoms with Gasteiger partial charge in [-0.15, -0.1) is 0 Å². The van der Waals surface area contributed by atoms with Gasteiger partial charge in [0.05, 0.1) is 11.2 Å². The third-order valence-corrected chi connectivity index (χ3v) is 6.20. The minimum absolute atomic E-state index is 0.799. The second-order valence-electron chi connectivity index (χ2n) is 8.15. The summed E-state index contributed by atoms with van der Waals surface area (Å²) in [4.78, 5) is 7.28. The summed E-state index contributed by atoms with van der Waals surface area (Å²) in [6, 6.07) is 21.6. The van der Waals surface area contributed by atoms with Crippen molar-refractivity contribution in [2.75, 3.05) is 26.2 Å². The van der Waals surface area contributed by atoms with E-state index < -0.39 is 0 Å². The topological polar surface area (TPSA) is 33.1 Å². The summed E-state index contributed by atoms with van der Waals surface area (Å²) in [7, 11) is 0. The Labute approximate surface area is 185 Å². The van der Waals surface area contributed by atoms with Crippen molar-refractivity contribution in [2.45, 2.75) is 39.8 Å². The highest BCUT2D eigenvalue weighted by atomic mass is 15.1. The average Bonchev–Trinajstić information content (AvgIpc) is 3.14. The summed E-state index contributed by atoms with van der Waals surface area (Å²) >= 11 is 0. The standard InChI is InChI=1S/C27H34N4/c1-3-30(4-2)19-11-10-17-28-20-25-27-24(16-18-29-25)23-14-8-9-15-26(23)31(27)21-22-12-6-5-7-13-22/h5-9,12-16,18,28H,3-4,10-11,17,19-21H2,1-2H3. The van der Waals surface area contributed by atoms with Gasteiger partial charge in [0.2, 0.25) is 0 Å². The molecule has 0 saturated heterocycles. The monoisotopic (exact) mass is 414 g/mol. The molecule has 0 aliphatic heterocycles. The first kappa shape index (κ1) is 21.5. The Kier molecular flexibility index (Phi) is 7.34. The Morgan fingerprint density at radius 3 is 2.45 bits per heavy atom. The summed E-state index contributed by atoms with van der Waals surface area (Å²) in [5.41, 5.74) is 4.97. The van der Waals surface area contributed by atoms with E-state index in [1.54, 1.807) is 0 Å². The average molecular weight is 415 g/mol. The van der Waals surface area contributed by atoms with Gasteiger partial charge in [0, 0.05) is 35.6 Å². The number of fused-ring (bicyclic) bond motifs is 3. The van der Waals surface area contributed by atoms with Crippen LogP contribution >= 0.6 is 0 Å². The first-order valence-electron chi connectivity index (χ1n) is 11.6. The molecule has 0 unspecified atom stereocenters. The molecular formula is C27H34N4. The van der Waals surface area contributed by atoms with Gasteiger partial charge >= 0.3 is 0 Å². The smallest absolute Gasteiger partial charge is 0.0784 e. The molecular weight excluding hydrogens is 380 g/mol. The summed E-state index contributed by atoms with van der Waals surface area (Å²) in [6.07, 6.45) is 4.39. The lowest BCUT2D eigenvalue weighted by atomic mass is 10.1. The highest BCUT2D eigenvalue weighted by Crippen LogP contribution is 2.31. The van der Waals surface area contributed by atoms with Crippen LogP contribution in [0.15, 0.2) is 66.9 Å². The van der Waals surface area contributed by atoms with E-state index in [0.29, 0.717) is 0 Å². The number of nitrogens with one attached hydrogen (secondary N) is 1. The second kappa shape index (κ2) is 10.6. The number of unbranched alkanes of at least 4 members (excludes halogenated alkanes) is 1. The first-order valence-corrected chi connectivity index (χ1v) is 11.6. The quantitative estimate of drug-likeness (QED) is 0.331. The minimum Gasteiger partial charge on any atom is -0.334 e. The highest BCUT2D eigenvalue weighted by Gasteiger charge is 2.14. The van der Waals surface area contributed by atoms with Crippen LogP contribution < -0.4 is 5.32 Å². The predicted molar refractivity (Wildman–Crippen MR) is 132 cm³/mol. The third-order valence-electron chi connectivity index (χ3n) is 6.20. The number of para-hydroxylation sites is 1. The fraction of sp³-hybridized carbons (Fsp3) is 0.370. The zero-order valence-electron chi connectivity index (χ0n) is 18.8. The maximum atomic E-state index is 4.79. The maximum Gasteiger partial charge on any atom is 0.0784 e. The molecule has 4 aromatic rings. The van der Waals surface area contributed by atoms with Crippen LogP contribution in [0.2, 0.25) is 0 Å². The molecule has 4 rings (SSSR count). The zero-order valence-corrected chi connectivity index (χ0v) is 18.8. The van der Waals surface area contributed by atoms with E-state index in [9.17, 15) is 0 Å². The van der Waals surface area contributed by atoms with Crippen molar-refractivity contribution in [3.8, 4) is 0 Å².